The first-order valence-corrected chi connectivity index (χ1v) is 6.17. The van der Waals surface area contributed by atoms with Crippen LogP contribution < -0.4 is 0 Å². The first kappa shape index (κ1) is 11.2. The van der Waals surface area contributed by atoms with Crippen molar-refractivity contribution in [2.45, 2.75) is 0 Å². The molecule has 0 bridgehead atoms. The molecule has 0 unspecified atom stereocenters. The molecule has 0 radical (unpaired) electrons. The Labute approximate surface area is 112 Å². The molecule has 0 atom stereocenters. The lowest BCUT2D eigenvalue weighted by atomic mass is 10.1. The minimum absolute atomic E-state index is 0.319. The van der Waals surface area contributed by atoms with Crippen molar-refractivity contribution >= 4 is 33.1 Å². The summed E-state index contributed by atoms with van der Waals surface area (Å²) < 4.78 is 6.37. The van der Waals surface area contributed by atoms with Crippen LogP contribution in [0.25, 0.3) is 22.2 Å². The molecule has 0 amide bonds. The topological polar surface area (TPSA) is 43.1 Å². The second kappa shape index (κ2) is 4.38. The number of aldehydes is 1. The van der Waals surface area contributed by atoms with E-state index in [4.69, 9.17) is 4.42 Å². The van der Waals surface area contributed by atoms with E-state index in [1.165, 1.54) is 0 Å². The van der Waals surface area contributed by atoms with E-state index in [9.17, 15) is 4.79 Å². The van der Waals surface area contributed by atoms with Gasteiger partial charge in [0.25, 0.3) is 0 Å². The smallest absolute Gasteiger partial charge is 0.185 e. The van der Waals surface area contributed by atoms with Crippen LogP contribution in [0.2, 0.25) is 0 Å². The predicted octanol–water partition coefficient (Wildman–Crippen LogP) is 4.07. The third-order valence-electron chi connectivity index (χ3n) is 2.69. The summed E-state index contributed by atoms with van der Waals surface area (Å²) in [5, 5.41) is 1.02. The van der Waals surface area contributed by atoms with Crippen LogP contribution in [0.5, 0.6) is 0 Å². The molecule has 0 N–H and O–H groups in total. The molecular weight excluding hydrogens is 294 g/mol. The zero-order chi connectivity index (χ0) is 12.5. The maximum Gasteiger partial charge on any atom is 0.185 e. The van der Waals surface area contributed by atoms with Gasteiger partial charge in [-0.15, -0.1) is 0 Å². The molecule has 0 aliphatic heterocycles. The van der Waals surface area contributed by atoms with Gasteiger partial charge in [-0.25, -0.2) is 0 Å². The Morgan fingerprint density at radius 2 is 2.11 bits per heavy atom. The van der Waals surface area contributed by atoms with Gasteiger partial charge in [-0.05, 0) is 40.2 Å². The molecule has 18 heavy (non-hydrogen) atoms. The van der Waals surface area contributed by atoms with Crippen LogP contribution in [0.1, 0.15) is 10.6 Å². The number of rotatable bonds is 2. The highest BCUT2D eigenvalue weighted by atomic mass is 79.9. The summed E-state index contributed by atoms with van der Waals surface area (Å²) in [6, 6.07) is 11.3. The second-order valence-corrected chi connectivity index (χ2v) is 4.77. The van der Waals surface area contributed by atoms with Crippen LogP contribution in [0.15, 0.2) is 51.5 Å². The molecule has 0 fully saturated rings. The lowest BCUT2D eigenvalue weighted by Gasteiger charge is -2.03. The fourth-order valence-electron chi connectivity index (χ4n) is 1.89. The number of nitrogens with zero attached hydrogens (tertiary/aromatic N) is 1. The Morgan fingerprint density at radius 3 is 2.89 bits per heavy atom. The number of carbonyl (C=O) groups is 1. The summed E-state index contributed by atoms with van der Waals surface area (Å²) in [6.45, 7) is 0. The van der Waals surface area contributed by atoms with Gasteiger partial charge in [0.05, 0.1) is 5.52 Å². The number of para-hydroxylation sites is 1. The fraction of sp³-hybridized carbons (Fsp3) is 0. The highest BCUT2D eigenvalue weighted by Gasteiger charge is 2.09. The van der Waals surface area contributed by atoms with E-state index in [1.807, 2.05) is 24.3 Å². The average Bonchev–Trinajstić information content (AvgIpc) is 2.86. The highest BCUT2D eigenvalue weighted by molar-refractivity contribution is 9.10. The number of halogens is 1. The number of pyridine rings is 1. The van der Waals surface area contributed by atoms with Crippen LogP contribution in [0.4, 0.5) is 0 Å². The summed E-state index contributed by atoms with van der Waals surface area (Å²) in [7, 11) is 0. The van der Waals surface area contributed by atoms with Gasteiger partial charge in [0.2, 0.25) is 0 Å². The number of furan rings is 1. The summed E-state index contributed by atoms with van der Waals surface area (Å²) in [6.07, 6.45) is 2.44. The third kappa shape index (κ3) is 1.84. The van der Waals surface area contributed by atoms with Gasteiger partial charge in [0.15, 0.2) is 12.0 Å². The van der Waals surface area contributed by atoms with Crippen molar-refractivity contribution in [2.75, 3.05) is 0 Å². The maximum absolute atomic E-state index is 10.6. The van der Waals surface area contributed by atoms with Gasteiger partial charge in [-0.1, -0.05) is 12.1 Å². The molecule has 3 aromatic rings. The van der Waals surface area contributed by atoms with Crippen molar-refractivity contribution in [1.82, 2.24) is 4.98 Å². The molecule has 3 nitrogen and oxygen atoms in total. The van der Waals surface area contributed by atoms with Crippen molar-refractivity contribution in [3.8, 4) is 11.3 Å². The third-order valence-corrected chi connectivity index (χ3v) is 3.12. The highest BCUT2D eigenvalue weighted by Crippen LogP contribution is 2.29. The van der Waals surface area contributed by atoms with Gasteiger partial charge < -0.3 is 4.42 Å². The van der Waals surface area contributed by atoms with Gasteiger partial charge >= 0.3 is 0 Å². The molecule has 0 aliphatic rings. The Hall–Kier alpha value is -1.94. The van der Waals surface area contributed by atoms with Crippen LogP contribution in [-0.4, -0.2) is 11.3 Å². The van der Waals surface area contributed by atoms with E-state index in [2.05, 4.69) is 20.9 Å². The largest absolute Gasteiger partial charge is 0.453 e. The normalized spacial score (nSPS) is 10.7. The van der Waals surface area contributed by atoms with Crippen molar-refractivity contribution in [2.24, 2.45) is 0 Å². The van der Waals surface area contributed by atoms with Crippen molar-refractivity contribution in [3.63, 3.8) is 0 Å². The van der Waals surface area contributed by atoms with Gasteiger partial charge in [-0.3, -0.25) is 9.78 Å². The maximum atomic E-state index is 10.6. The van der Waals surface area contributed by atoms with E-state index in [-0.39, 0.29) is 0 Å². The van der Waals surface area contributed by atoms with E-state index in [0.29, 0.717) is 17.8 Å². The van der Waals surface area contributed by atoms with Gasteiger partial charge in [0, 0.05) is 21.6 Å². The first-order chi connectivity index (χ1) is 8.78. The quantitative estimate of drug-likeness (QED) is 0.670. The Balaban J connectivity index is 2.25. The minimum Gasteiger partial charge on any atom is -0.453 e. The molecule has 88 valence electrons. The van der Waals surface area contributed by atoms with E-state index in [1.54, 1.807) is 18.3 Å². The Bertz CT molecular complexity index is 733. The monoisotopic (exact) mass is 301 g/mol. The van der Waals surface area contributed by atoms with Crippen molar-refractivity contribution in [1.29, 1.82) is 0 Å². The first-order valence-electron chi connectivity index (χ1n) is 5.37. The Kier molecular flexibility index (Phi) is 2.72. The SMILES string of the molecule is O=Cc1ccc(-c2cccc3cc(Br)cnc23)o1. The van der Waals surface area contributed by atoms with Crippen LogP contribution in [0.3, 0.4) is 0 Å². The zero-order valence-corrected chi connectivity index (χ0v) is 10.8. The molecule has 0 spiro atoms. The summed E-state index contributed by atoms with van der Waals surface area (Å²) in [4.78, 5) is 15.0. The van der Waals surface area contributed by atoms with Crippen LogP contribution in [-0.2, 0) is 0 Å². The average molecular weight is 302 g/mol. The van der Waals surface area contributed by atoms with Crippen LogP contribution >= 0.6 is 15.9 Å². The summed E-state index contributed by atoms with van der Waals surface area (Å²) in [5.74, 6) is 0.969. The van der Waals surface area contributed by atoms with E-state index in [0.717, 1.165) is 20.9 Å². The second-order valence-electron chi connectivity index (χ2n) is 3.85. The molecule has 0 saturated heterocycles. The minimum atomic E-state index is 0.319. The van der Waals surface area contributed by atoms with Gasteiger partial charge in [-0.2, -0.15) is 0 Å². The molecule has 0 saturated carbocycles. The molecule has 3 rings (SSSR count). The number of hydrogen-bond acceptors (Lipinski definition) is 3. The summed E-state index contributed by atoms with van der Waals surface area (Å²) in [5.41, 5.74) is 1.74. The molecule has 0 aliphatic carbocycles. The lowest BCUT2D eigenvalue weighted by Crippen LogP contribution is -1.83. The predicted molar refractivity (Wildman–Crippen MR) is 72.5 cm³/mol. The molecule has 2 aromatic heterocycles. The number of hydrogen-bond donors (Lipinski definition) is 0. The molecule has 2 heterocycles. The number of benzene rings is 1. The van der Waals surface area contributed by atoms with Crippen molar-refractivity contribution < 1.29 is 9.21 Å². The lowest BCUT2D eigenvalue weighted by molar-refractivity contribution is 0.110. The molecule has 4 heteroatoms. The molecular formula is C14H8BrNO2. The van der Waals surface area contributed by atoms with Crippen molar-refractivity contribution in [3.05, 3.63) is 52.8 Å². The van der Waals surface area contributed by atoms with Gasteiger partial charge in [0.1, 0.15) is 5.76 Å². The molecule has 1 aromatic carbocycles. The number of aromatic nitrogens is 1. The Morgan fingerprint density at radius 1 is 1.22 bits per heavy atom. The van der Waals surface area contributed by atoms with Crippen LogP contribution in [0, 0.1) is 0 Å². The summed E-state index contributed by atoms with van der Waals surface area (Å²) >= 11 is 3.40. The van der Waals surface area contributed by atoms with E-state index < -0.39 is 0 Å². The van der Waals surface area contributed by atoms with E-state index >= 15 is 0 Å². The standard InChI is InChI=1S/C14H8BrNO2/c15-10-6-9-2-1-3-12(14(9)16-7-10)13-5-4-11(8-17)18-13/h1-8H. The zero-order valence-electron chi connectivity index (χ0n) is 9.26. The fourth-order valence-corrected chi connectivity index (χ4v) is 2.24. The number of fused-ring (bicyclic) bond motifs is 1. The number of carbonyl (C=O) groups excluding carboxylic acids is 1.